The van der Waals surface area contributed by atoms with Gasteiger partial charge in [-0.3, -0.25) is 0 Å². The second-order valence-corrected chi connectivity index (χ2v) is 4.85. The van der Waals surface area contributed by atoms with Crippen molar-refractivity contribution >= 4 is 5.82 Å². The van der Waals surface area contributed by atoms with E-state index in [1.54, 1.807) is 0 Å². The van der Waals surface area contributed by atoms with E-state index in [1.165, 1.54) is 0 Å². The molecule has 1 aromatic heterocycles. The summed E-state index contributed by atoms with van der Waals surface area (Å²) in [6.07, 6.45) is 1.98. The first kappa shape index (κ1) is 13.9. The summed E-state index contributed by atoms with van der Waals surface area (Å²) in [5.41, 5.74) is 6.84. The number of nitrogens with zero attached hydrogens (tertiary/aromatic N) is 2. The van der Waals surface area contributed by atoms with Crippen LogP contribution in [0, 0.1) is 12.8 Å². The van der Waals surface area contributed by atoms with E-state index < -0.39 is 0 Å². The third-order valence-electron chi connectivity index (χ3n) is 2.65. The molecule has 0 aromatic carbocycles. The SMILES string of the molecule is CCc1cc(NC(CN)CC(C)C)nc(C)n1. The molecule has 0 spiro atoms. The molecular formula is C13H24N4. The van der Waals surface area contributed by atoms with E-state index in [4.69, 9.17) is 5.73 Å². The summed E-state index contributed by atoms with van der Waals surface area (Å²) in [5, 5.41) is 3.40. The minimum absolute atomic E-state index is 0.286. The number of nitrogens with two attached hydrogens (primary N) is 1. The van der Waals surface area contributed by atoms with E-state index in [2.05, 4.69) is 36.1 Å². The molecule has 1 atom stereocenters. The van der Waals surface area contributed by atoms with E-state index in [0.29, 0.717) is 12.5 Å². The first-order chi connectivity index (χ1) is 8.05. The van der Waals surface area contributed by atoms with Gasteiger partial charge in [0, 0.05) is 24.3 Å². The summed E-state index contributed by atoms with van der Waals surface area (Å²) < 4.78 is 0. The van der Waals surface area contributed by atoms with Gasteiger partial charge in [-0.2, -0.15) is 0 Å². The molecule has 0 bridgehead atoms. The highest BCUT2D eigenvalue weighted by atomic mass is 15.1. The Morgan fingerprint density at radius 1 is 1.35 bits per heavy atom. The quantitative estimate of drug-likeness (QED) is 0.794. The van der Waals surface area contributed by atoms with Crippen molar-refractivity contribution in [2.75, 3.05) is 11.9 Å². The lowest BCUT2D eigenvalue weighted by atomic mass is 10.0. The highest BCUT2D eigenvalue weighted by Gasteiger charge is 2.10. The van der Waals surface area contributed by atoms with Gasteiger partial charge in [-0.05, 0) is 25.7 Å². The number of rotatable bonds is 6. The fraction of sp³-hybridized carbons (Fsp3) is 0.692. The Labute approximate surface area is 104 Å². The van der Waals surface area contributed by atoms with E-state index in [0.717, 1.165) is 30.2 Å². The molecule has 0 radical (unpaired) electrons. The summed E-state index contributed by atoms with van der Waals surface area (Å²) in [4.78, 5) is 8.76. The summed E-state index contributed by atoms with van der Waals surface area (Å²) in [7, 11) is 0. The lowest BCUT2D eigenvalue weighted by Gasteiger charge is -2.19. The molecular weight excluding hydrogens is 212 g/mol. The van der Waals surface area contributed by atoms with Gasteiger partial charge in [-0.15, -0.1) is 0 Å². The van der Waals surface area contributed by atoms with Crippen molar-refractivity contribution in [2.45, 2.75) is 46.6 Å². The minimum Gasteiger partial charge on any atom is -0.366 e. The minimum atomic E-state index is 0.286. The monoisotopic (exact) mass is 236 g/mol. The topological polar surface area (TPSA) is 63.8 Å². The Balaban J connectivity index is 2.74. The number of aromatic nitrogens is 2. The molecule has 1 heterocycles. The average molecular weight is 236 g/mol. The van der Waals surface area contributed by atoms with Gasteiger partial charge in [-0.25, -0.2) is 9.97 Å². The van der Waals surface area contributed by atoms with Crippen LogP contribution in [0.15, 0.2) is 6.07 Å². The zero-order chi connectivity index (χ0) is 12.8. The van der Waals surface area contributed by atoms with Crippen molar-refractivity contribution in [3.63, 3.8) is 0 Å². The molecule has 1 rings (SSSR count). The zero-order valence-electron chi connectivity index (χ0n) is 11.3. The molecule has 4 heteroatoms. The van der Waals surface area contributed by atoms with Gasteiger partial charge in [0.2, 0.25) is 0 Å². The van der Waals surface area contributed by atoms with E-state index in [-0.39, 0.29) is 6.04 Å². The molecule has 0 saturated carbocycles. The summed E-state index contributed by atoms with van der Waals surface area (Å²) in [6, 6.07) is 2.30. The van der Waals surface area contributed by atoms with Gasteiger partial charge in [0.15, 0.2) is 0 Å². The normalized spacial score (nSPS) is 12.8. The lowest BCUT2D eigenvalue weighted by molar-refractivity contribution is 0.520. The lowest BCUT2D eigenvalue weighted by Crippen LogP contribution is -2.30. The summed E-state index contributed by atoms with van der Waals surface area (Å²) in [5.74, 6) is 2.34. The van der Waals surface area contributed by atoms with Gasteiger partial charge in [0.25, 0.3) is 0 Å². The molecule has 17 heavy (non-hydrogen) atoms. The smallest absolute Gasteiger partial charge is 0.130 e. The summed E-state index contributed by atoms with van der Waals surface area (Å²) in [6.45, 7) is 9.05. The molecule has 0 aliphatic carbocycles. The molecule has 0 amide bonds. The van der Waals surface area contributed by atoms with Crippen LogP contribution in [-0.4, -0.2) is 22.6 Å². The van der Waals surface area contributed by atoms with Gasteiger partial charge in [0.05, 0.1) is 0 Å². The van der Waals surface area contributed by atoms with Crippen LogP contribution in [0.1, 0.15) is 38.7 Å². The van der Waals surface area contributed by atoms with Crippen LogP contribution in [0.5, 0.6) is 0 Å². The van der Waals surface area contributed by atoms with Crippen LogP contribution in [0.2, 0.25) is 0 Å². The maximum Gasteiger partial charge on any atom is 0.130 e. The Hall–Kier alpha value is -1.16. The van der Waals surface area contributed by atoms with E-state index in [9.17, 15) is 0 Å². The van der Waals surface area contributed by atoms with E-state index in [1.807, 2.05) is 13.0 Å². The molecule has 0 fully saturated rings. The zero-order valence-corrected chi connectivity index (χ0v) is 11.3. The molecule has 3 N–H and O–H groups in total. The van der Waals surface area contributed by atoms with Gasteiger partial charge in [-0.1, -0.05) is 20.8 Å². The van der Waals surface area contributed by atoms with Crippen LogP contribution in [0.25, 0.3) is 0 Å². The largest absolute Gasteiger partial charge is 0.366 e. The first-order valence-corrected chi connectivity index (χ1v) is 6.36. The fourth-order valence-electron chi connectivity index (χ4n) is 1.88. The van der Waals surface area contributed by atoms with Crippen molar-refractivity contribution in [1.29, 1.82) is 0 Å². The maximum atomic E-state index is 5.77. The van der Waals surface area contributed by atoms with Gasteiger partial charge in [0.1, 0.15) is 11.6 Å². The van der Waals surface area contributed by atoms with Crippen LogP contribution in [0.4, 0.5) is 5.82 Å². The fourth-order valence-corrected chi connectivity index (χ4v) is 1.88. The van der Waals surface area contributed by atoms with Crippen LogP contribution < -0.4 is 11.1 Å². The molecule has 0 aliphatic rings. The second-order valence-electron chi connectivity index (χ2n) is 4.85. The standard InChI is InChI=1S/C13H24N4/c1-5-11-7-13(16-10(4)15-11)17-12(8-14)6-9(2)3/h7,9,12H,5-6,8,14H2,1-4H3,(H,15,16,17). The second kappa shape index (κ2) is 6.55. The number of hydrogen-bond donors (Lipinski definition) is 2. The predicted molar refractivity (Wildman–Crippen MR) is 72.1 cm³/mol. The number of aryl methyl sites for hydroxylation is 2. The van der Waals surface area contributed by atoms with Crippen molar-refractivity contribution in [3.8, 4) is 0 Å². The molecule has 1 unspecified atom stereocenters. The Bertz CT molecular complexity index is 349. The highest BCUT2D eigenvalue weighted by molar-refractivity contribution is 5.37. The van der Waals surface area contributed by atoms with Gasteiger partial charge >= 0.3 is 0 Å². The van der Waals surface area contributed by atoms with E-state index >= 15 is 0 Å². The van der Waals surface area contributed by atoms with Gasteiger partial charge < -0.3 is 11.1 Å². The first-order valence-electron chi connectivity index (χ1n) is 6.36. The number of anilines is 1. The molecule has 0 aliphatic heterocycles. The third-order valence-corrected chi connectivity index (χ3v) is 2.65. The average Bonchev–Trinajstić information content (AvgIpc) is 2.26. The third kappa shape index (κ3) is 4.69. The van der Waals surface area contributed by atoms with Crippen molar-refractivity contribution in [2.24, 2.45) is 11.7 Å². The van der Waals surface area contributed by atoms with Crippen molar-refractivity contribution in [1.82, 2.24) is 9.97 Å². The number of hydrogen-bond acceptors (Lipinski definition) is 4. The van der Waals surface area contributed by atoms with Crippen LogP contribution in [0.3, 0.4) is 0 Å². The Kier molecular flexibility index (Phi) is 5.35. The molecule has 4 nitrogen and oxygen atoms in total. The summed E-state index contributed by atoms with van der Waals surface area (Å²) >= 11 is 0. The maximum absolute atomic E-state index is 5.77. The molecule has 1 aromatic rings. The van der Waals surface area contributed by atoms with Crippen LogP contribution >= 0.6 is 0 Å². The molecule has 96 valence electrons. The predicted octanol–water partition coefficient (Wildman–Crippen LogP) is 2.13. The highest BCUT2D eigenvalue weighted by Crippen LogP contribution is 2.12. The van der Waals surface area contributed by atoms with Crippen molar-refractivity contribution in [3.05, 3.63) is 17.6 Å². The molecule has 0 saturated heterocycles. The van der Waals surface area contributed by atoms with Crippen LogP contribution in [-0.2, 0) is 6.42 Å². The Morgan fingerprint density at radius 3 is 2.59 bits per heavy atom. The number of nitrogens with one attached hydrogen (secondary N) is 1. The Morgan fingerprint density at radius 2 is 2.06 bits per heavy atom. The van der Waals surface area contributed by atoms with Crippen molar-refractivity contribution < 1.29 is 0 Å².